The Balaban J connectivity index is 2.73. The molecule has 0 bridgehead atoms. The minimum absolute atomic E-state index is 0.160. The first-order valence-electron chi connectivity index (χ1n) is 4.37. The molecule has 0 radical (unpaired) electrons. The van der Waals surface area contributed by atoms with Crippen molar-refractivity contribution < 1.29 is 19.8 Å². The standard InChI is InChI=1S/C9H13NO4/c1-2-7(11)10-5-3-4-9(14,6-10)8(12)13/h2,14H,1,3-6H2,(H,12,13). The van der Waals surface area contributed by atoms with Gasteiger partial charge in [0.25, 0.3) is 0 Å². The van der Waals surface area contributed by atoms with Gasteiger partial charge in [0, 0.05) is 6.54 Å². The number of rotatable bonds is 2. The quantitative estimate of drug-likeness (QED) is 0.594. The molecule has 1 atom stereocenters. The fraction of sp³-hybridized carbons (Fsp3) is 0.556. The van der Waals surface area contributed by atoms with Crippen LogP contribution in [-0.4, -0.2) is 45.7 Å². The Morgan fingerprint density at radius 1 is 1.50 bits per heavy atom. The van der Waals surface area contributed by atoms with Crippen LogP contribution in [0.1, 0.15) is 12.8 Å². The summed E-state index contributed by atoms with van der Waals surface area (Å²) in [5.74, 6) is -1.62. The summed E-state index contributed by atoms with van der Waals surface area (Å²) < 4.78 is 0. The molecule has 14 heavy (non-hydrogen) atoms. The summed E-state index contributed by atoms with van der Waals surface area (Å²) in [5.41, 5.74) is -1.79. The number of carboxylic acid groups (broad SMARTS) is 1. The highest BCUT2D eigenvalue weighted by molar-refractivity contribution is 5.88. The van der Waals surface area contributed by atoms with E-state index in [1.54, 1.807) is 0 Å². The second kappa shape index (κ2) is 3.79. The van der Waals surface area contributed by atoms with Gasteiger partial charge in [-0.15, -0.1) is 0 Å². The van der Waals surface area contributed by atoms with Crippen molar-refractivity contribution in [3.05, 3.63) is 12.7 Å². The maximum atomic E-state index is 11.2. The van der Waals surface area contributed by atoms with Crippen LogP contribution in [-0.2, 0) is 9.59 Å². The minimum atomic E-state index is -1.79. The van der Waals surface area contributed by atoms with E-state index in [2.05, 4.69) is 6.58 Å². The molecule has 0 aromatic heterocycles. The predicted octanol–water partition coefficient (Wildman–Crippen LogP) is -0.390. The Bertz CT molecular complexity index is 276. The fourth-order valence-corrected chi connectivity index (χ4v) is 1.53. The smallest absolute Gasteiger partial charge is 0.337 e. The van der Waals surface area contributed by atoms with Gasteiger partial charge < -0.3 is 15.1 Å². The summed E-state index contributed by atoms with van der Waals surface area (Å²) in [6.45, 7) is 3.62. The highest BCUT2D eigenvalue weighted by Crippen LogP contribution is 2.21. The number of aliphatic carboxylic acids is 1. The molecule has 78 valence electrons. The van der Waals surface area contributed by atoms with Crippen LogP contribution in [0.2, 0.25) is 0 Å². The number of β-amino-alcohol motifs (C(OH)–C–C–N with tert-alkyl or cyclic N) is 1. The molecule has 5 heteroatoms. The van der Waals surface area contributed by atoms with Gasteiger partial charge in [-0.2, -0.15) is 0 Å². The van der Waals surface area contributed by atoms with Crippen LogP contribution in [0.5, 0.6) is 0 Å². The van der Waals surface area contributed by atoms with Crippen molar-refractivity contribution in [2.75, 3.05) is 13.1 Å². The third-order valence-electron chi connectivity index (χ3n) is 2.36. The molecule has 0 saturated carbocycles. The molecule has 1 amide bonds. The number of hydrogen-bond donors (Lipinski definition) is 2. The van der Waals surface area contributed by atoms with Crippen LogP contribution in [0, 0.1) is 0 Å². The number of nitrogens with zero attached hydrogens (tertiary/aromatic N) is 1. The van der Waals surface area contributed by atoms with Crippen molar-refractivity contribution in [3.8, 4) is 0 Å². The molecule has 0 spiro atoms. The Morgan fingerprint density at radius 2 is 2.14 bits per heavy atom. The van der Waals surface area contributed by atoms with Gasteiger partial charge in [-0.1, -0.05) is 6.58 Å². The van der Waals surface area contributed by atoms with Gasteiger partial charge >= 0.3 is 5.97 Å². The van der Waals surface area contributed by atoms with E-state index in [9.17, 15) is 14.7 Å². The Labute approximate surface area is 81.6 Å². The van der Waals surface area contributed by atoms with Crippen molar-refractivity contribution in [2.45, 2.75) is 18.4 Å². The molecule has 1 saturated heterocycles. The second-order valence-electron chi connectivity index (χ2n) is 3.40. The highest BCUT2D eigenvalue weighted by Gasteiger charge is 2.41. The van der Waals surface area contributed by atoms with Crippen LogP contribution in [0.3, 0.4) is 0 Å². The molecule has 0 aliphatic carbocycles. The summed E-state index contributed by atoms with van der Waals surface area (Å²) in [7, 11) is 0. The van der Waals surface area contributed by atoms with Crippen LogP contribution >= 0.6 is 0 Å². The first-order valence-corrected chi connectivity index (χ1v) is 4.37. The number of carboxylic acids is 1. The lowest BCUT2D eigenvalue weighted by molar-refractivity contribution is -0.165. The normalized spacial score (nSPS) is 27.1. The maximum Gasteiger partial charge on any atom is 0.337 e. The average Bonchev–Trinajstić information content (AvgIpc) is 2.16. The number of aliphatic hydroxyl groups is 1. The van der Waals surface area contributed by atoms with Gasteiger partial charge in [-0.3, -0.25) is 4.79 Å². The van der Waals surface area contributed by atoms with Crippen molar-refractivity contribution >= 4 is 11.9 Å². The predicted molar refractivity (Wildman–Crippen MR) is 48.6 cm³/mol. The lowest BCUT2D eigenvalue weighted by Gasteiger charge is -2.35. The summed E-state index contributed by atoms with van der Waals surface area (Å²) in [5, 5.41) is 18.4. The zero-order valence-electron chi connectivity index (χ0n) is 7.77. The number of carbonyl (C=O) groups excluding carboxylic acids is 1. The first kappa shape index (κ1) is 10.7. The summed E-state index contributed by atoms with van der Waals surface area (Å²) in [6.07, 6.45) is 1.79. The molecule has 5 nitrogen and oxygen atoms in total. The lowest BCUT2D eigenvalue weighted by Crippen LogP contribution is -2.54. The summed E-state index contributed by atoms with van der Waals surface area (Å²) in [4.78, 5) is 23.2. The number of piperidine rings is 1. The van der Waals surface area contributed by atoms with Crippen molar-refractivity contribution in [1.82, 2.24) is 4.90 Å². The molecule has 2 N–H and O–H groups in total. The maximum absolute atomic E-state index is 11.2. The summed E-state index contributed by atoms with van der Waals surface area (Å²) >= 11 is 0. The zero-order valence-corrected chi connectivity index (χ0v) is 7.77. The molecule has 1 aliphatic rings. The van der Waals surface area contributed by atoms with Gasteiger partial charge in [-0.25, -0.2) is 4.79 Å². The highest BCUT2D eigenvalue weighted by atomic mass is 16.4. The molecule has 0 aromatic carbocycles. The van der Waals surface area contributed by atoms with E-state index in [1.807, 2.05) is 0 Å². The Kier molecular flexibility index (Phi) is 2.90. The number of hydrogen-bond acceptors (Lipinski definition) is 3. The second-order valence-corrected chi connectivity index (χ2v) is 3.40. The van der Waals surface area contributed by atoms with Crippen molar-refractivity contribution in [2.24, 2.45) is 0 Å². The van der Waals surface area contributed by atoms with E-state index in [0.29, 0.717) is 13.0 Å². The fourth-order valence-electron chi connectivity index (χ4n) is 1.53. The van der Waals surface area contributed by atoms with E-state index >= 15 is 0 Å². The SMILES string of the molecule is C=CC(=O)N1CCCC(O)(C(=O)O)C1. The minimum Gasteiger partial charge on any atom is -0.479 e. The average molecular weight is 199 g/mol. The molecule has 1 fully saturated rings. The molecule has 0 aromatic rings. The van der Waals surface area contributed by atoms with Gasteiger partial charge in [0.05, 0.1) is 6.54 Å². The van der Waals surface area contributed by atoms with Gasteiger partial charge in [-0.05, 0) is 18.9 Å². The van der Waals surface area contributed by atoms with Gasteiger partial charge in [0.1, 0.15) is 0 Å². The van der Waals surface area contributed by atoms with Crippen LogP contribution in [0.25, 0.3) is 0 Å². The molecule has 1 rings (SSSR count). The zero-order chi connectivity index (χ0) is 10.8. The molecule has 1 unspecified atom stereocenters. The number of amides is 1. The van der Waals surface area contributed by atoms with Crippen LogP contribution < -0.4 is 0 Å². The van der Waals surface area contributed by atoms with E-state index < -0.39 is 11.6 Å². The van der Waals surface area contributed by atoms with Crippen LogP contribution in [0.4, 0.5) is 0 Å². The number of likely N-dealkylation sites (tertiary alicyclic amines) is 1. The monoisotopic (exact) mass is 199 g/mol. The third kappa shape index (κ3) is 1.93. The summed E-state index contributed by atoms with van der Waals surface area (Å²) in [6, 6.07) is 0. The van der Waals surface area contributed by atoms with Gasteiger partial charge in [0.15, 0.2) is 5.60 Å². The molecule has 1 aliphatic heterocycles. The van der Waals surface area contributed by atoms with E-state index in [-0.39, 0.29) is 18.9 Å². The van der Waals surface area contributed by atoms with Crippen LogP contribution in [0.15, 0.2) is 12.7 Å². The Hall–Kier alpha value is -1.36. The van der Waals surface area contributed by atoms with E-state index in [1.165, 1.54) is 4.90 Å². The van der Waals surface area contributed by atoms with E-state index in [4.69, 9.17) is 5.11 Å². The Morgan fingerprint density at radius 3 is 2.64 bits per heavy atom. The molecule has 1 heterocycles. The van der Waals surface area contributed by atoms with E-state index in [0.717, 1.165) is 6.08 Å². The number of carbonyl (C=O) groups is 2. The first-order chi connectivity index (χ1) is 6.49. The molecular formula is C9H13NO4. The van der Waals surface area contributed by atoms with Crippen molar-refractivity contribution in [1.29, 1.82) is 0 Å². The van der Waals surface area contributed by atoms with Crippen molar-refractivity contribution in [3.63, 3.8) is 0 Å². The molecular weight excluding hydrogens is 186 g/mol. The largest absolute Gasteiger partial charge is 0.479 e. The topological polar surface area (TPSA) is 77.8 Å². The lowest BCUT2D eigenvalue weighted by atomic mass is 9.93. The third-order valence-corrected chi connectivity index (χ3v) is 2.36. The van der Waals surface area contributed by atoms with Gasteiger partial charge in [0.2, 0.25) is 5.91 Å².